The van der Waals surface area contributed by atoms with Crippen molar-refractivity contribution in [2.24, 2.45) is 7.05 Å². The zero-order valence-electron chi connectivity index (χ0n) is 18.0. The second kappa shape index (κ2) is 8.64. The largest absolute Gasteiger partial charge is 0.416 e. The second-order valence-electron chi connectivity index (χ2n) is 7.80. The maximum Gasteiger partial charge on any atom is 0.416 e. The lowest BCUT2D eigenvalue weighted by atomic mass is 10.1. The Balaban J connectivity index is 1.54. The van der Waals surface area contributed by atoms with Gasteiger partial charge in [-0.25, -0.2) is 15.0 Å². The van der Waals surface area contributed by atoms with Crippen LogP contribution in [0.2, 0.25) is 0 Å². The molecule has 11 heteroatoms. The summed E-state index contributed by atoms with van der Waals surface area (Å²) in [6.07, 6.45) is -1.51. The summed E-state index contributed by atoms with van der Waals surface area (Å²) in [6.45, 7) is 2.96. The average molecular weight is 458 g/mol. The lowest BCUT2D eigenvalue weighted by Crippen LogP contribution is -2.55. The van der Waals surface area contributed by atoms with Gasteiger partial charge in [-0.1, -0.05) is 0 Å². The molecule has 172 valence electrons. The third-order valence-electron chi connectivity index (χ3n) is 5.59. The molecule has 4 rings (SSSR count). The fourth-order valence-electron chi connectivity index (χ4n) is 3.78. The molecule has 1 aromatic carbocycles. The summed E-state index contributed by atoms with van der Waals surface area (Å²) >= 11 is 0. The van der Waals surface area contributed by atoms with E-state index in [1.165, 1.54) is 29.1 Å². The number of hydrogen-bond acceptors (Lipinski definition) is 6. The quantitative estimate of drug-likeness (QED) is 0.600. The number of nitrogens with zero attached hydrogens (tertiary/aromatic N) is 6. The first-order valence-electron chi connectivity index (χ1n) is 10.2. The summed E-state index contributed by atoms with van der Waals surface area (Å²) in [5.74, 6) is 0.108. The van der Waals surface area contributed by atoms with E-state index in [0.717, 1.165) is 12.1 Å². The SMILES string of the molecule is C[C@@H]1CN(C(=O)c2ccc(C(F)(F)F)cc2)CCN1c1nc(-c2ccncn2)cc(=O)n1C. The molecule has 33 heavy (non-hydrogen) atoms. The van der Waals surface area contributed by atoms with Crippen molar-refractivity contribution >= 4 is 11.9 Å². The lowest BCUT2D eigenvalue weighted by Gasteiger charge is -2.40. The molecule has 1 saturated heterocycles. The summed E-state index contributed by atoms with van der Waals surface area (Å²) in [5.41, 5.74) is 0.0930. The molecule has 2 aromatic heterocycles. The first-order valence-corrected chi connectivity index (χ1v) is 10.2. The topological polar surface area (TPSA) is 84.2 Å². The van der Waals surface area contributed by atoms with Gasteiger partial charge < -0.3 is 9.80 Å². The number of alkyl halides is 3. The zero-order valence-corrected chi connectivity index (χ0v) is 18.0. The van der Waals surface area contributed by atoms with Crippen molar-refractivity contribution in [1.29, 1.82) is 0 Å². The van der Waals surface area contributed by atoms with Crippen LogP contribution < -0.4 is 10.5 Å². The minimum absolute atomic E-state index is 0.184. The van der Waals surface area contributed by atoms with Crippen molar-refractivity contribution in [2.75, 3.05) is 24.5 Å². The summed E-state index contributed by atoms with van der Waals surface area (Å²) in [5, 5.41) is 0. The zero-order chi connectivity index (χ0) is 23.8. The third kappa shape index (κ3) is 4.57. The molecule has 0 saturated carbocycles. The van der Waals surface area contributed by atoms with Crippen molar-refractivity contribution in [1.82, 2.24) is 24.4 Å². The van der Waals surface area contributed by atoms with Crippen LogP contribution in [0.15, 0.2) is 53.7 Å². The van der Waals surface area contributed by atoms with Gasteiger partial charge in [0.15, 0.2) is 0 Å². The standard InChI is InChI=1S/C22H21F3N6O2/c1-14-12-30(20(33)15-3-5-16(6-4-15)22(23,24)25)9-10-31(14)21-28-18(11-19(32)29(21)2)17-7-8-26-13-27-17/h3-8,11,13-14H,9-10,12H2,1-2H3/t14-/m1/s1. The molecule has 3 heterocycles. The van der Waals surface area contributed by atoms with E-state index in [-0.39, 0.29) is 23.1 Å². The number of hydrogen-bond donors (Lipinski definition) is 0. The van der Waals surface area contributed by atoms with Crippen LogP contribution >= 0.6 is 0 Å². The molecule has 8 nitrogen and oxygen atoms in total. The molecule has 1 amide bonds. The molecule has 0 spiro atoms. The number of carbonyl (C=O) groups excluding carboxylic acids is 1. The van der Waals surface area contributed by atoms with Gasteiger partial charge in [0.1, 0.15) is 6.33 Å². The molecule has 1 atom stereocenters. The van der Waals surface area contributed by atoms with E-state index in [0.29, 0.717) is 37.0 Å². The first kappa shape index (κ1) is 22.4. The number of anilines is 1. The summed E-state index contributed by atoms with van der Waals surface area (Å²) < 4.78 is 39.8. The van der Waals surface area contributed by atoms with Gasteiger partial charge in [0.25, 0.3) is 11.5 Å². The molecule has 0 N–H and O–H groups in total. The molecular formula is C22H21F3N6O2. The van der Waals surface area contributed by atoms with Crippen LogP contribution in [0.4, 0.5) is 19.1 Å². The van der Waals surface area contributed by atoms with Gasteiger partial charge in [-0.2, -0.15) is 13.2 Å². The number of carbonyl (C=O) groups is 1. The summed E-state index contributed by atoms with van der Waals surface area (Å²) in [4.78, 5) is 41.6. The number of halogens is 3. The Kier molecular flexibility index (Phi) is 5.88. The number of piperazine rings is 1. The van der Waals surface area contributed by atoms with Gasteiger partial charge >= 0.3 is 6.18 Å². The van der Waals surface area contributed by atoms with Crippen LogP contribution in [0.1, 0.15) is 22.8 Å². The maximum atomic E-state index is 12.9. The van der Waals surface area contributed by atoms with Gasteiger partial charge in [0.05, 0.1) is 17.0 Å². The van der Waals surface area contributed by atoms with E-state index in [1.54, 1.807) is 24.2 Å². The number of aromatic nitrogens is 4. The molecule has 1 aliphatic rings. The predicted octanol–water partition coefficient (Wildman–Crippen LogP) is 2.61. The van der Waals surface area contributed by atoms with Crippen molar-refractivity contribution < 1.29 is 18.0 Å². The predicted molar refractivity (Wildman–Crippen MR) is 115 cm³/mol. The summed E-state index contributed by atoms with van der Waals surface area (Å²) in [7, 11) is 1.63. The third-order valence-corrected chi connectivity index (χ3v) is 5.59. The fourth-order valence-corrected chi connectivity index (χ4v) is 3.78. The van der Waals surface area contributed by atoms with Crippen LogP contribution in [0, 0.1) is 0 Å². The Labute approximate surface area is 187 Å². The first-order chi connectivity index (χ1) is 15.6. The van der Waals surface area contributed by atoms with Crippen molar-refractivity contribution in [3.8, 4) is 11.4 Å². The van der Waals surface area contributed by atoms with Gasteiger partial charge in [-0.3, -0.25) is 14.2 Å². The molecule has 1 fully saturated rings. The van der Waals surface area contributed by atoms with Crippen molar-refractivity contribution in [3.05, 3.63) is 70.4 Å². The van der Waals surface area contributed by atoms with Crippen LogP contribution in [0.25, 0.3) is 11.4 Å². The highest BCUT2D eigenvalue weighted by atomic mass is 19.4. The van der Waals surface area contributed by atoms with E-state index in [9.17, 15) is 22.8 Å². The Morgan fingerprint density at radius 3 is 2.42 bits per heavy atom. The molecular weight excluding hydrogens is 437 g/mol. The Bertz CT molecular complexity index is 1210. The highest BCUT2D eigenvalue weighted by molar-refractivity contribution is 5.94. The lowest BCUT2D eigenvalue weighted by molar-refractivity contribution is -0.137. The van der Waals surface area contributed by atoms with E-state index >= 15 is 0 Å². The average Bonchev–Trinajstić information content (AvgIpc) is 2.80. The van der Waals surface area contributed by atoms with Gasteiger partial charge in [0, 0.05) is 50.6 Å². The van der Waals surface area contributed by atoms with Gasteiger partial charge in [-0.15, -0.1) is 0 Å². The maximum absolute atomic E-state index is 12.9. The Morgan fingerprint density at radius 2 is 1.82 bits per heavy atom. The molecule has 0 bridgehead atoms. The van der Waals surface area contributed by atoms with Crippen molar-refractivity contribution in [3.63, 3.8) is 0 Å². The normalized spacial score (nSPS) is 16.7. The molecule has 1 aliphatic heterocycles. The number of benzene rings is 1. The van der Waals surface area contributed by atoms with E-state index in [4.69, 9.17) is 0 Å². The van der Waals surface area contributed by atoms with Crippen LogP contribution in [-0.4, -0.2) is 56.0 Å². The Morgan fingerprint density at radius 1 is 1.09 bits per heavy atom. The second-order valence-corrected chi connectivity index (χ2v) is 7.80. The van der Waals surface area contributed by atoms with E-state index in [2.05, 4.69) is 15.0 Å². The molecule has 0 radical (unpaired) electrons. The van der Waals surface area contributed by atoms with Crippen molar-refractivity contribution in [2.45, 2.75) is 19.1 Å². The fraction of sp³-hybridized carbons (Fsp3) is 0.318. The number of amides is 1. The smallest absolute Gasteiger partial charge is 0.336 e. The Hall–Kier alpha value is -3.76. The van der Waals surface area contributed by atoms with Gasteiger partial charge in [0.2, 0.25) is 5.95 Å². The summed E-state index contributed by atoms with van der Waals surface area (Å²) in [6, 6.07) is 7.08. The van der Waals surface area contributed by atoms with Crippen LogP contribution in [0.3, 0.4) is 0 Å². The highest BCUT2D eigenvalue weighted by Crippen LogP contribution is 2.29. The minimum Gasteiger partial charge on any atom is -0.336 e. The van der Waals surface area contributed by atoms with Gasteiger partial charge in [-0.05, 0) is 37.3 Å². The minimum atomic E-state index is -4.45. The molecule has 0 aliphatic carbocycles. The monoisotopic (exact) mass is 458 g/mol. The van der Waals surface area contributed by atoms with Crippen LogP contribution in [0.5, 0.6) is 0 Å². The number of rotatable bonds is 3. The van der Waals surface area contributed by atoms with E-state index in [1.807, 2.05) is 11.8 Å². The van der Waals surface area contributed by atoms with E-state index < -0.39 is 11.7 Å². The highest BCUT2D eigenvalue weighted by Gasteiger charge is 2.32. The molecule has 0 unspecified atom stereocenters. The molecule has 3 aromatic rings. The van der Waals surface area contributed by atoms with Crippen LogP contribution in [-0.2, 0) is 13.2 Å².